The maximum Gasteiger partial charge on any atom is 0.124 e. The average Bonchev–Trinajstić information content (AvgIpc) is 2.09. The van der Waals surface area contributed by atoms with Crippen molar-refractivity contribution in [3.8, 4) is 11.5 Å². The van der Waals surface area contributed by atoms with Crippen LogP contribution in [0.25, 0.3) is 0 Å². The molecule has 1 aromatic carbocycles. The molecule has 0 radical (unpaired) electrons. The molecule has 82 valence electrons. The van der Waals surface area contributed by atoms with Crippen molar-refractivity contribution in [1.29, 1.82) is 0 Å². The molecule has 1 rings (SSSR count). The van der Waals surface area contributed by atoms with Crippen molar-refractivity contribution in [3.05, 3.63) is 23.8 Å². The summed E-state index contributed by atoms with van der Waals surface area (Å²) in [6.45, 7) is 3.51. The number of hydrazone groups is 1. The van der Waals surface area contributed by atoms with E-state index in [0.717, 1.165) is 0 Å². The van der Waals surface area contributed by atoms with Gasteiger partial charge < -0.3 is 15.9 Å². The van der Waals surface area contributed by atoms with Crippen LogP contribution in [0.15, 0.2) is 23.3 Å². The van der Waals surface area contributed by atoms with Crippen LogP contribution in [0, 0.1) is 0 Å². The fourth-order valence-corrected chi connectivity index (χ4v) is 0.914. The predicted octanol–water partition coefficient (Wildman–Crippen LogP) is 0.716. The van der Waals surface area contributed by atoms with E-state index in [0.29, 0.717) is 5.56 Å². The lowest BCUT2D eigenvalue weighted by atomic mass is 10.2. The lowest BCUT2D eigenvalue weighted by Gasteiger charge is -2.17. The molecule has 0 saturated heterocycles. The van der Waals surface area contributed by atoms with Crippen LogP contribution < -0.4 is 11.2 Å². The summed E-state index contributed by atoms with van der Waals surface area (Å²) in [5, 5.41) is 22.4. The second-order valence-electron chi connectivity index (χ2n) is 3.83. The number of phenolic OH excluding ortho intramolecular Hbond substituents is 2. The van der Waals surface area contributed by atoms with E-state index in [-0.39, 0.29) is 11.5 Å². The number of aromatic hydroxyl groups is 2. The number of hydrogen-bond acceptors (Lipinski definition) is 5. The quantitative estimate of drug-likeness (QED) is 0.255. The number of phenols is 2. The molecule has 0 spiro atoms. The first-order chi connectivity index (χ1) is 6.88. The summed E-state index contributed by atoms with van der Waals surface area (Å²) in [6, 6.07) is 4.20. The summed E-state index contributed by atoms with van der Waals surface area (Å²) in [4.78, 5) is 0. The highest BCUT2D eigenvalue weighted by atomic mass is 16.3. The highest BCUT2D eigenvalue weighted by Crippen LogP contribution is 2.19. The van der Waals surface area contributed by atoms with Gasteiger partial charge in [-0.05, 0) is 32.0 Å². The number of nitrogens with one attached hydrogen (secondary N) is 1. The standard InChI is InChI=1S/C10H15N3O2/c1-10(2,11)13-12-6-7-5-8(14)3-4-9(7)15/h3-6,13-15H,11H2,1-2H3/b12-6+. The fourth-order valence-electron chi connectivity index (χ4n) is 0.914. The second-order valence-corrected chi connectivity index (χ2v) is 3.83. The van der Waals surface area contributed by atoms with Gasteiger partial charge in [0.1, 0.15) is 11.5 Å². The third kappa shape index (κ3) is 3.86. The molecule has 0 saturated carbocycles. The van der Waals surface area contributed by atoms with Crippen LogP contribution in [0.4, 0.5) is 0 Å². The number of nitrogens with zero attached hydrogens (tertiary/aromatic N) is 1. The maximum atomic E-state index is 9.40. The van der Waals surface area contributed by atoms with Crippen LogP contribution in [0.1, 0.15) is 19.4 Å². The summed E-state index contributed by atoms with van der Waals surface area (Å²) < 4.78 is 0. The third-order valence-corrected chi connectivity index (χ3v) is 1.57. The molecule has 0 unspecified atom stereocenters. The van der Waals surface area contributed by atoms with Gasteiger partial charge in [0.05, 0.1) is 11.9 Å². The minimum atomic E-state index is -0.622. The molecule has 15 heavy (non-hydrogen) atoms. The molecule has 1 aromatic rings. The van der Waals surface area contributed by atoms with E-state index in [2.05, 4.69) is 10.5 Å². The first-order valence-corrected chi connectivity index (χ1v) is 4.49. The van der Waals surface area contributed by atoms with Crippen molar-refractivity contribution < 1.29 is 10.2 Å². The van der Waals surface area contributed by atoms with Crippen LogP contribution in [-0.4, -0.2) is 22.1 Å². The smallest absolute Gasteiger partial charge is 0.124 e. The molecule has 0 aliphatic carbocycles. The highest BCUT2D eigenvalue weighted by molar-refractivity contribution is 5.83. The molecule has 5 nitrogen and oxygen atoms in total. The molecule has 0 atom stereocenters. The van der Waals surface area contributed by atoms with Gasteiger partial charge in [-0.25, -0.2) is 0 Å². The average molecular weight is 209 g/mol. The van der Waals surface area contributed by atoms with Crippen molar-refractivity contribution in [2.75, 3.05) is 0 Å². The van der Waals surface area contributed by atoms with Gasteiger partial charge in [-0.3, -0.25) is 5.43 Å². The van der Waals surface area contributed by atoms with Crippen LogP contribution in [-0.2, 0) is 0 Å². The Morgan fingerprint density at radius 2 is 2.07 bits per heavy atom. The topological polar surface area (TPSA) is 90.9 Å². The summed E-state index contributed by atoms with van der Waals surface area (Å²) in [7, 11) is 0. The number of hydrogen-bond donors (Lipinski definition) is 4. The monoisotopic (exact) mass is 209 g/mol. The summed E-state index contributed by atoms with van der Waals surface area (Å²) in [5.74, 6) is 0.120. The van der Waals surface area contributed by atoms with E-state index < -0.39 is 5.66 Å². The van der Waals surface area contributed by atoms with E-state index >= 15 is 0 Å². The Morgan fingerprint density at radius 3 is 2.67 bits per heavy atom. The van der Waals surface area contributed by atoms with Crippen LogP contribution in [0.5, 0.6) is 11.5 Å². The molecule has 0 aliphatic rings. The summed E-state index contributed by atoms with van der Waals surface area (Å²) in [5.41, 5.74) is 8.10. The van der Waals surface area contributed by atoms with Gasteiger partial charge in [-0.15, -0.1) is 0 Å². The molecule has 0 fully saturated rings. The van der Waals surface area contributed by atoms with E-state index in [1.54, 1.807) is 13.8 Å². The third-order valence-electron chi connectivity index (χ3n) is 1.57. The van der Waals surface area contributed by atoms with Gasteiger partial charge in [0.25, 0.3) is 0 Å². The van der Waals surface area contributed by atoms with Crippen molar-refractivity contribution in [3.63, 3.8) is 0 Å². The van der Waals surface area contributed by atoms with Gasteiger partial charge in [-0.1, -0.05) is 0 Å². The van der Waals surface area contributed by atoms with Crippen LogP contribution in [0.3, 0.4) is 0 Å². The first-order valence-electron chi connectivity index (χ1n) is 4.49. The molecule has 0 amide bonds. The lowest BCUT2D eigenvalue weighted by molar-refractivity contribution is 0.417. The predicted molar refractivity (Wildman–Crippen MR) is 58.8 cm³/mol. The SMILES string of the molecule is CC(C)(N)N/N=C/c1cc(O)ccc1O. The molecule has 0 bridgehead atoms. The van der Waals surface area contributed by atoms with E-state index in [1.165, 1.54) is 24.4 Å². The molecule has 0 aromatic heterocycles. The Bertz CT molecular complexity index is 369. The molecular weight excluding hydrogens is 194 g/mol. The Balaban J connectivity index is 2.76. The van der Waals surface area contributed by atoms with Crippen molar-refractivity contribution in [2.24, 2.45) is 10.8 Å². The Hall–Kier alpha value is -1.75. The maximum absolute atomic E-state index is 9.40. The van der Waals surface area contributed by atoms with Crippen molar-refractivity contribution in [1.82, 2.24) is 5.43 Å². The van der Waals surface area contributed by atoms with Gasteiger partial charge >= 0.3 is 0 Å². The number of rotatable bonds is 3. The molecule has 5 N–H and O–H groups in total. The van der Waals surface area contributed by atoms with E-state index in [9.17, 15) is 10.2 Å². The minimum Gasteiger partial charge on any atom is -0.508 e. The number of benzene rings is 1. The highest BCUT2D eigenvalue weighted by Gasteiger charge is 2.06. The molecule has 5 heteroatoms. The fraction of sp³-hybridized carbons (Fsp3) is 0.300. The largest absolute Gasteiger partial charge is 0.508 e. The Labute approximate surface area is 88.2 Å². The normalized spacial score (nSPS) is 11.9. The number of nitrogens with two attached hydrogens (primary N) is 1. The van der Waals surface area contributed by atoms with Crippen LogP contribution >= 0.6 is 0 Å². The van der Waals surface area contributed by atoms with Crippen molar-refractivity contribution in [2.45, 2.75) is 19.5 Å². The molecule has 0 heterocycles. The van der Waals surface area contributed by atoms with Gasteiger partial charge in [-0.2, -0.15) is 5.10 Å². The zero-order valence-corrected chi connectivity index (χ0v) is 8.73. The first kappa shape index (κ1) is 11.3. The van der Waals surface area contributed by atoms with Crippen LogP contribution in [0.2, 0.25) is 0 Å². The summed E-state index contributed by atoms with van der Waals surface area (Å²) in [6.07, 6.45) is 1.39. The van der Waals surface area contributed by atoms with E-state index in [4.69, 9.17) is 5.73 Å². The Kier molecular flexibility index (Phi) is 3.16. The molecule has 0 aliphatic heterocycles. The van der Waals surface area contributed by atoms with E-state index in [1.807, 2.05) is 0 Å². The summed E-state index contributed by atoms with van der Waals surface area (Å²) >= 11 is 0. The van der Waals surface area contributed by atoms with Crippen molar-refractivity contribution >= 4 is 6.21 Å². The minimum absolute atomic E-state index is 0.0492. The van der Waals surface area contributed by atoms with Gasteiger partial charge in [0, 0.05) is 5.56 Å². The van der Waals surface area contributed by atoms with Gasteiger partial charge in [0.15, 0.2) is 0 Å². The second kappa shape index (κ2) is 4.18. The zero-order chi connectivity index (χ0) is 11.5. The Morgan fingerprint density at radius 1 is 1.40 bits per heavy atom. The zero-order valence-electron chi connectivity index (χ0n) is 8.73. The lowest BCUT2D eigenvalue weighted by Crippen LogP contribution is -2.44. The molecular formula is C10H15N3O2. The van der Waals surface area contributed by atoms with Gasteiger partial charge in [0.2, 0.25) is 0 Å².